The minimum atomic E-state index is -2.91. The van der Waals surface area contributed by atoms with Gasteiger partial charge in [0.25, 0.3) is 0 Å². The molecule has 1 atom stereocenters. The summed E-state index contributed by atoms with van der Waals surface area (Å²) in [6.07, 6.45) is 7.10. The molecule has 0 bridgehead atoms. The summed E-state index contributed by atoms with van der Waals surface area (Å²) in [7, 11) is -2.91. The van der Waals surface area contributed by atoms with Crippen LogP contribution in [0.1, 0.15) is 49.3 Å². The Kier molecular flexibility index (Phi) is 3.63. The zero-order chi connectivity index (χ0) is 14.2. The highest BCUT2D eigenvalue weighted by atomic mass is 32.2. The topological polar surface area (TPSA) is 46.2 Å². The van der Waals surface area contributed by atoms with Crippen LogP contribution in [0.15, 0.2) is 24.3 Å². The Morgan fingerprint density at radius 2 is 1.90 bits per heavy atom. The third-order valence-corrected chi connectivity index (χ3v) is 5.70. The van der Waals surface area contributed by atoms with E-state index in [-0.39, 0.29) is 5.41 Å². The molecule has 2 aliphatic rings. The van der Waals surface area contributed by atoms with Gasteiger partial charge in [-0.25, -0.2) is 8.42 Å². The largest absolute Gasteiger partial charge is 0.310 e. The molecule has 1 aromatic carbocycles. The van der Waals surface area contributed by atoms with Crippen LogP contribution in [0.3, 0.4) is 0 Å². The molecule has 4 heteroatoms. The van der Waals surface area contributed by atoms with E-state index < -0.39 is 9.84 Å². The van der Waals surface area contributed by atoms with E-state index in [0.29, 0.717) is 11.8 Å². The number of sulfone groups is 1. The van der Waals surface area contributed by atoms with Gasteiger partial charge in [-0.1, -0.05) is 30.7 Å². The van der Waals surface area contributed by atoms with Crippen molar-refractivity contribution >= 4 is 9.84 Å². The minimum absolute atomic E-state index is 0.0912. The highest BCUT2D eigenvalue weighted by Crippen LogP contribution is 2.49. The van der Waals surface area contributed by atoms with E-state index in [2.05, 4.69) is 29.6 Å². The Hall–Kier alpha value is -0.870. The number of hydrogen-bond acceptors (Lipinski definition) is 3. The minimum Gasteiger partial charge on any atom is -0.310 e. The van der Waals surface area contributed by atoms with Crippen LogP contribution in [0.2, 0.25) is 0 Å². The summed E-state index contributed by atoms with van der Waals surface area (Å²) in [5, 5.41) is 3.55. The summed E-state index contributed by atoms with van der Waals surface area (Å²) in [5.41, 5.74) is 2.44. The van der Waals surface area contributed by atoms with Gasteiger partial charge in [0.15, 0.2) is 0 Å². The number of piperidine rings is 1. The van der Waals surface area contributed by atoms with E-state index in [4.69, 9.17) is 0 Å². The molecule has 1 saturated heterocycles. The molecule has 1 saturated carbocycles. The average molecular weight is 293 g/mol. The van der Waals surface area contributed by atoms with Crippen molar-refractivity contribution in [1.29, 1.82) is 0 Å². The van der Waals surface area contributed by atoms with Crippen molar-refractivity contribution in [3.8, 4) is 0 Å². The Balaban J connectivity index is 1.76. The van der Waals surface area contributed by atoms with Gasteiger partial charge in [0.1, 0.15) is 9.84 Å². The maximum Gasteiger partial charge on any atom is 0.148 e. The summed E-state index contributed by atoms with van der Waals surface area (Å²) in [6, 6.07) is 9.12. The smallest absolute Gasteiger partial charge is 0.148 e. The molecule has 0 spiro atoms. The van der Waals surface area contributed by atoms with Crippen LogP contribution in [-0.2, 0) is 15.3 Å². The van der Waals surface area contributed by atoms with Gasteiger partial charge in [0.05, 0.1) is 5.75 Å². The van der Waals surface area contributed by atoms with Crippen molar-refractivity contribution in [1.82, 2.24) is 5.32 Å². The Morgan fingerprint density at radius 3 is 2.40 bits per heavy atom. The molecular formula is C16H23NO2S. The average Bonchev–Trinajstić information content (AvgIpc) is 3.19. The van der Waals surface area contributed by atoms with Crippen molar-refractivity contribution in [2.45, 2.75) is 43.6 Å². The van der Waals surface area contributed by atoms with Gasteiger partial charge < -0.3 is 5.32 Å². The fraction of sp³-hybridized carbons (Fsp3) is 0.625. The number of nitrogens with one attached hydrogen (secondary N) is 1. The lowest BCUT2D eigenvalue weighted by atomic mass is 9.93. The summed E-state index contributed by atoms with van der Waals surface area (Å²) in [6.45, 7) is 1.10. The predicted octanol–water partition coefficient (Wildman–Crippen LogP) is 2.58. The lowest BCUT2D eigenvalue weighted by Gasteiger charge is -2.24. The third-order valence-electron chi connectivity index (χ3n) is 4.63. The zero-order valence-corrected chi connectivity index (χ0v) is 12.9. The van der Waals surface area contributed by atoms with Gasteiger partial charge in [-0.05, 0) is 43.4 Å². The molecule has 0 aromatic heterocycles. The van der Waals surface area contributed by atoms with Crippen LogP contribution in [-0.4, -0.2) is 27.0 Å². The molecule has 20 heavy (non-hydrogen) atoms. The first-order valence-electron chi connectivity index (χ1n) is 7.50. The summed E-state index contributed by atoms with van der Waals surface area (Å²) >= 11 is 0. The van der Waals surface area contributed by atoms with Crippen LogP contribution < -0.4 is 5.32 Å². The molecule has 1 aromatic rings. The molecule has 1 aliphatic carbocycles. The summed E-state index contributed by atoms with van der Waals surface area (Å²) in [5.74, 6) is 0.293. The lowest BCUT2D eigenvalue weighted by molar-refractivity contribution is 0.412. The zero-order valence-electron chi connectivity index (χ0n) is 12.1. The highest BCUT2D eigenvalue weighted by Gasteiger charge is 2.46. The van der Waals surface area contributed by atoms with Crippen molar-refractivity contribution in [2.24, 2.45) is 0 Å². The number of rotatable bonds is 4. The van der Waals surface area contributed by atoms with E-state index in [1.54, 1.807) is 0 Å². The SMILES string of the molecule is CS(=O)(=O)CC1(c2ccc(C3CCCCN3)cc2)CC1. The summed E-state index contributed by atoms with van der Waals surface area (Å²) in [4.78, 5) is 0. The number of benzene rings is 1. The molecule has 0 radical (unpaired) electrons. The van der Waals surface area contributed by atoms with E-state index in [0.717, 1.165) is 19.4 Å². The molecule has 3 rings (SSSR count). The van der Waals surface area contributed by atoms with Gasteiger partial charge in [0.2, 0.25) is 0 Å². The molecule has 1 N–H and O–H groups in total. The van der Waals surface area contributed by atoms with Gasteiger partial charge >= 0.3 is 0 Å². The van der Waals surface area contributed by atoms with Gasteiger partial charge in [0, 0.05) is 17.7 Å². The molecular weight excluding hydrogens is 270 g/mol. The van der Waals surface area contributed by atoms with E-state index in [1.807, 2.05) is 0 Å². The number of hydrogen-bond donors (Lipinski definition) is 1. The van der Waals surface area contributed by atoms with Crippen LogP contribution >= 0.6 is 0 Å². The highest BCUT2D eigenvalue weighted by molar-refractivity contribution is 7.90. The molecule has 110 valence electrons. The van der Waals surface area contributed by atoms with Gasteiger partial charge in [-0.15, -0.1) is 0 Å². The Bertz CT molecular complexity index is 567. The van der Waals surface area contributed by atoms with Gasteiger partial charge in [-0.2, -0.15) is 0 Å². The first-order chi connectivity index (χ1) is 9.49. The summed E-state index contributed by atoms with van der Waals surface area (Å²) < 4.78 is 23.1. The molecule has 1 heterocycles. The molecule has 1 unspecified atom stereocenters. The van der Waals surface area contributed by atoms with Crippen LogP contribution in [0, 0.1) is 0 Å². The Labute approximate surface area is 121 Å². The first kappa shape index (κ1) is 14.1. The first-order valence-corrected chi connectivity index (χ1v) is 9.56. The van der Waals surface area contributed by atoms with Gasteiger partial charge in [-0.3, -0.25) is 0 Å². The van der Waals surface area contributed by atoms with Crippen molar-refractivity contribution in [3.05, 3.63) is 35.4 Å². The third kappa shape index (κ3) is 3.07. The molecule has 3 nitrogen and oxygen atoms in total. The van der Waals surface area contributed by atoms with E-state index in [1.165, 1.54) is 36.6 Å². The fourth-order valence-electron chi connectivity index (χ4n) is 3.37. The lowest BCUT2D eigenvalue weighted by Crippen LogP contribution is -2.26. The molecule has 0 amide bonds. The van der Waals surface area contributed by atoms with Crippen LogP contribution in [0.25, 0.3) is 0 Å². The maximum absolute atomic E-state index is 11.6. The molecule has 2 fully saturated rings. The monoisotopic (exact) mass is 293 g/mol. The molecule has 1 aliphatic heterocycles. The maximum atomic E-state index is 11.6. The fourth-order valence-corrected chi connectivity index (χ4v) is 4.83. The quantitative estimate of drug-likeness (QED) is 0.928. The standard InChI is InChI=1S/C16H23NO2S/c1-20(18,19)12-16(9-10-16)14-7-5-13(6-8-14)15-4-2-3-11-17-15/h5-8,15,17H,2-4,9-12H2,1H3. The van der Waals surface area contributed by atoms with Crippen molar-refractivity contribution in [3.63, 3.8) is 0 Å². The van der Waals surface area contributed by atoms with Crippen molar-refractivity contribution < 1.29 is 8.42 Å². The second kappa shape index (κ2) is 5.15. The second-order valence-corrected chi connectivity index (χ2v) is 8.62. The predicted molar refractivity (Wildman–Crippen MR) is 81.7 cm³/mol. The van der Waals surface area contributed by atoms with Crippen LogP contribution in [0.5, 0.6) is 0 Å². The van der Waals surface area contributed by atoms with E-state index >= 15 is 0 Å². The van der Waals surface area contributed by atoms with Crippen molar-refractivity contribution in [2.75, 3.05) is 18.6 Å². The Morgan fingerprint density at radius 1 is 1.20 bits per heavy atom. The van der Waals surface area contributed by atoms with Crippen LogP contribution in [0.4, 0.5) is 0 Å². The van der Waals surface area contributed by atoms with E-state index in [9.17, 15) is 8.42 Å². The second-order valence-electron chi connectivity index (χ2n) is 6.47. The normalized spacial score (nSPS) is 25.4.